The van der Waals surface area contributed by atoms with E-state index in [0.29, 0.717) is 12.1 Å². The number of hydrogen-bond acceptors (Lipinski definition) is 3. The lowest BCUT2D eigenvalue weighted by Gasteiger charge is -2.09. The Hall–Kier alpha value is -2.14. The highest BCUT2D eigenvalue weighted by Gasteiger charge is 2.11. The second-order valence-electron chi connectivity index (χ2n) is 6.09. The van der Waals surface area contributed by atoms with Gasteiger partial charge < -0.3 is 5.32 Å². The average molecular weight is 345 g/mol. The maximum absolute atomic E-state index is 12.1. The Morgan fingerprint density at radius 3 is 2.50 bits per heavy atom. The molecule has 0 aromatic heterocycles. The van der Waals surface area contributed by atoms with Crippen molar-refractivity contribution in [1.29, 1.82) is 0 Å². The molecule has 0 saturated heterocycles. The zero-order valence-electron chi connectivity index (χ0n) is 14.3. The molecule has 0 atom stereocenters. The zero-order valence-corrected chi connectivity index (χ0v) is 15.1. The summed E-state index contributed by atoms with van der Waals surface area (Å²) in [5.74, 6) is -0.249. The molecule has 1 amide bonds. The van der Waals surface area contributed by atoms with Crippen molar-refractivity contribution in [2.24, 2.45) is 0 Å². The van der Waals surface area contributed by atoms with E-state index in [1.54, 1.807) is 12.1 Å². The van der Waals surface area contributed by atoms with Crippen molar-refractivity contribution < 1.29 is 13.2 Å². The van der Waals surface area contributed by atoms with Gasteiger partial charge in [0.05, 0.1) is 4.90 Å². The highest BCUT2D eigenvalue weighted by atomic mass is 32.2. The Labute approximate surface area is 143 Å². The van der Waals surface area contributed by atoms with E-state index in [1.807, 2.05) is 0 Å². The van der Waals surface area contributed by atoms with Crippen LogP contribution < -0.4 is 5.32 Å². The molecule has 128 valence electrons. The number of hydrogen-bond donors (Lipinski definition) is 1. The number of benzene rings is 2. The van der Waals surface area contributed by atoms with Gasteiger partial charge in [-0.25, -0.2) is 8.42 Å². The lowest BCUT2D eigenvalue weighted by Crippen LogP contribution is -2.25. The van der Waals surface area contributed by atoms with Gasteiger partial charge in [0.15, 0.2) is 9.84 Å². The third-order valence-corrected chi connectivity index (χ3v) is 5.04. The Kier molecular flexibility index (Phi) is 5.78. The highest BCUT2D eigenvalue weighted by molar-refractivity contribution is 7.90. The first kappa shape index (κ1) is 18.2. The van der Waals surface area contributed by atoms with Crippen LogP contribution in [-0.4, -0.2) is 27.1 Å². The molecule has 1 N–H and O–H groups in total. The van der Waals surface area contributed by atoms with Crippen LogP contribution in [0.15, 0.2) is 47.4 Å². The smallest absolute Gasteiger partial charge is 0.251 e. The summed E-state index contributed by atoms with van der Waals surface area (Å²) < 4.78 is 23.1. The SMILES string of the molecule is Cc1ccc(CCCNC(=O)c2cccc(S(C)(=O)=O)c2)c(C)c1. The van der Waals surface area contributed by atoms with Gasteiger partial charge in [-0.2, -0.15) is 0 Å². The van der Waals surface area contributed by atoms with E-state index in [-0.39, 0.29) is 10.8 Å². The third kappa shape index (κ3) is 4.93. The summed E-state index contributed by atoms with van der Waals surface area (Å²) in [4.78, 5) is 12.3. The van der Waals surface area contributed by atoms with Crippen LogP contribution >= 0.6 is 0 Å². The molecule has 24 heavy (non-hydrogen) atoms. The number of sulfone groups is 1. The Balaban J connectivity index is 1.90. The Morgan fingerprint density at radius 1 is 1.08 bits per heavy atom. The molecule has 0 bridgehead atoms. The van der Waals surface area contributed by atoms with E-state index in [2.05, 4.69) is 37.4 Å². The average Bonchev–Trinajstić information content (AvgIpc) is 2.52. The maximum Gasteiger partial charge on any atom is 0.251 e. The first-order valence-corrected chi connectivity index (χ1v) is 9.81. The van der Waals surface area contributed by atoms with E-state index in [0.717, 1.165) is 19.1 Å². The van der Waals surface area contributed by atoms with Crippen LogP contribution in [0.1, 0.15) is 33.5 Å². The normalized spacial score (nSPS) is 11.3. The van der Waals surface area contributed by atoms with Gasteiger partial charge in [-0.3, -0.25) is 4.79 Å². The van der Waals surface area contributed by atoms with Crippen LogP contribution in [0, 0.1) is 13.8 Å². The molecular formula is C19H23NO3S. The number of carbonyl (C=O) groups is 1. The monoisotopic (exact) mass is 345 g/mol. The fourth-order valence-electron chi connectivity index (χ4n) is 2.58. The summed E-state index contributed by atoms with van der Waals surface area (Å²) in [6, 6.07) is 12.5. The van der Waals surface area contributed by atoms with Crippen molar-refractivity contribution in [2.45, 2.75) is 31.6 Å². The molecule has 0 aliphatic carbocycles. The summed E-state index contributed by atoms with van der Waals surface area (Å²) in [7, 11) is -3.31. The van der Waals surface area contributed by atoms with Gasteiger partial charge in [0.25, 0.3) is 5.91 Å². The standard InChI is InChI=1S/C19H23NO3S/c1-14-9-10-16(15(2)12-14)7-5-11-20-19(21)17-6-4-8-18(13-17)24(3,22)23/h4,6,8-10,12-13H,5,7,11H2,1-3H3,(H,20,21). The molecule has 0 fully saturated rings. The zero-order chi connectivity index (χ0) is 17.7. The molecule has 0 saturated carbocycles. The summed E-state index contributed by atoms with van der Waals surface area (Å²) in [6.07, 6.45) is 2.87. The number of rotatable bonds is 6. The molecule has 5 heteroatoms. The van der Waals surface area contributed by atoms with Gasteiger partial charge in [-0.15, -0.1) is 0 Å². The quantitative estimate of drug-likeness (QED) is 0.819. The number of carbonyl (C=O) groups excluding carboxylic acids is 1. The van der Waals surface area contributed by atoms with Crippen molar-refractivity contribution in [3.05, 3.63) is 64.7 Å². The summed E-state index contributed by atoms with van der Waals surface area (Å²) >= 11 is 0. The maximum atomic E-state index is 12.1. The fourth-order valence-corrected chi connectivity index (χ4v) is 3.24. The van der Waals surface area contributed by atoms with Crippen molar-refractivity contribution in [2.75, 3.05) is 12.8 Å². The largest absolute Gasteiger partial charge is 0.352 e. The number of aryl methyl sites for hydroxylation is 3. The molecular weight excluding hydrogens is 322 g/mol. The molecule has 2 aromatic rings. The first-order valence-electron chi connectivity index (χ1n) is 7.92. The summed E-state index contributed by atoms with van der Waals surface area (Å²) in [5.41, 5.74) is 4.16. The molecule has 0 heterocycles. The molecule has 4 nitrogen and oxygen atoms in total. The van der Waals surface area contributed by atoms with Crippen LogP contribution in [0.25, 0.3) is 0 Å². The minimum absolute atomic E-state index is 0.158. The minimum Gasteiger partial charge on any atom is -0.352 e. The third-order valence-electron chi connectivity index (χ3n) is 3.93. The Morgan fingerprint density at radius 2 is 1.83 bits per heavy atom. The van der Waals surface area contributed by atoms with E-state index >= 15 is 0 Å². The van der Waals surface area contributed by atoms with Gasteiger partial charge in [-0.1, -0.05) is 29.8 Å². The van der Waals surface area contributed by atoms with E-state index in [9.17, 15) is 13.2 Å². The predicted molar refractivity (Wildman–Crippen MR) is 96.1 cm³/mol. The van der Waals surface area contributed by atoms with Gasteiger partial charge in [0, 0.05) is 18.4 Å². The van der Waals surface area contributed by atoms with Crippen LogP contribution in [0.5, 0.6) is 0 Å². The van der Waals surface area contributed by atoms with Crippen LogP contribution in [-0.2, 0) is 16.3 Å². The van der Waals surface area contributed by atoms with Gasteiger partial charge in [0.2, 0.25) is 0 Å². The lowest BCUT2D eigenvalue weighted by molar-refractivity contribution is 0.0953. The van der Waals surface area contributed by atoms with Crippen molar-refractivity contribution in [3.63, 3.8) is 0 Å². The van der Waals surface area contributed by atoms with Crippen molar-refractivity contribution >= 4 is 15.7 Å². The molecule has 0 unspecified atom stereocenters. The fraction of sp³-hybridized carbons (Fsp3) is 0.316. The van der Waals surface area contributed by atoms with Crippen LogP contribution in [0.2, 0.25) is 0 Å². The summed E-state index contributed by atoms with van der Waals surface area (Å²) in [5, 5.41) is 2.84. The van der Waals surface area contributed by atoms with Gasteiger partial charge >= 0.3 is 0 Å². The lowest BCUT2D eigenvalue weighted by atomic mass is 10.0. The van der Waals surface area contributed by atoms with E-state index in [1.165, 1.54) is 28.8 Å². The molecule has 0 aliphatic rings. The molecule has 2 aromatic carbocycles. The van der Waals surface area contributed by atoms with Crippen molar-refractivity contribution in [1.82, 2.24) is 5.32 Å². The Bertz CT molecular complexity index is 841. The first-order chi connectivity index (χ1) is 11.3. The molecule has 2 rings (SSSR count). The molecule has 0 aliphatic heterocycles. The van der Waals surface area contributed by atoms with Gasteiger partial charge in [0.1, 0.15) is 0 Å². The minimum atomic E-state index is -3.31. The van der Waals surface area contributed by atoms with E-state index < -0.39 is 9.84 Å². The second kappa shape index (κ2) is 7.62. The second-order valence-corrected chi connectivity index (χ2v) is 8.11. The van der Waals surface area contributed by atoms with Crippen LogP contribution in [0.4, 0.5) is 0 Å². The molecule has 0 spiro atoms. The number of amides is 1. The highest BCUT2D eigenvalue weighted by Crippen LogP contribution is 2.13. The topological polar surface area (TPSA) is 63.2 Å². The van der Waals surface area contributed by atoms with E-state index in [4.69, 9.17) is 0 Å². The van der Waals surface area contributed by atoms with Crippen molar-refractivity contribution in [3.8, 4) is 0 Å². The van der Waals surface area contributed by atoms with Crippen LogP contribution in [0.3, 0.4) is 0 Å². The molecule has 0 radical (unpaired) electrons. The summed E-state index contributed by atoms with van der Waals surface area (Å²) in [6.45, 7) is 4.72. The predicted octanol–water partition coefficient (Wildman–Crippen LogP) is 3.07. The number of nitrogens with one attached hydrogen (secondary N) is 1. The van der Waals surface area contributed by atoms with Gasteiger partial charge in [-0.05, 0) is 56.0 Å².